The first-order chi connectivity index (χ1) is 8.65. The van der Waals surface area contributed by atoms with E-state index in [2.05, 4.69) is 17.6 Å². The summed E-state index contributed by atoms with van der Waals surface area (Å²) in [5.41, 5.74) is 0. The van der Waals surface area contributed by atoms with Gasteiger partial charge in [-0.2, -0.15) is 0 Å². The van der Waals surface area contributed by atoms with E-state index in [1.165, 1.54) is 0 Å². The van der Waals surface area contributed by atoms with Crippen LogP contribution < -0.4 is 10.6 Å². The number of thioether (sulfide) groups is 1. The van der Waals surface area contributed by atoms with Gasteiger partial charge in [-0.1, -0.05) is 6.92 Å². The van der Waals surface area contributed by atoms with Crippen molar-refractivity contribution in [3.63, 3.8) is 0 Å². The number of hydrogen-bond acceptors (Lipinski definition) is 4. The molecule has 3 fully saturated rings. The van der Waals surface area contributed by atoms with E-state index in [0.717, 1.165) is 18.1 Å². The molecule has 2 aliphatic heterocycles. The van der Waals surface area contributed by atoms with E-state index in [4.69, 9.17) is 0 Å². The summed E-state index contributed by atoms with van der Waals surface area (Å²) in [5.74, 6) is 2.55. The average Bonchev–Trinajstić information content (AvgIpc) is 2.80. The number of amides is 2. The Hall–Kier alpha value is -0.750. The third kappa shape index (κ3) is 2.36. The van der Waals surface area contributed by atoms with Gasteiger partial charge in [0.2, 0.25) is 11.8 Å². The van der Waals surface area contributed by atoms with Crippen LogP contribution >= 0.6 is 11.8 Å². The highest BCUT2D eigenvalue weighted by molar-refractivity contribution is 7.99. The van der Waals surface area contributed by atoms with E-state index in [0.29, 0.717) is 24.9 Å². The topological polar surface area (TPSA) is 61.4 Å². The maximum absolute atomic E-state index is 11.9. The Morgan fingerprint density at radius 1 is 1.56 bits per heavy atom. The summed E-state index contributed by atoms with van der Waals surface area (Å²) >= 11 is 1.74. The minimum absolute atomic E-state index is 0.00481. The SMILES string of the molecule is C[C@@H]1C[C@@H]1N1C[C@H](NC(=O)[C@@H]2CSCN2)CC1=O. The zero-order valence-corrected chi connectivity index (χ0v) is 11.3. The van der Waals surface area contributed by atoms with Crippen LogP contribution in [-0.4, -0.2) is 53.0 Å². The quantitative estimate of drug-likeness (QED) is 0.743. The van der Waals surface area contributed by atoms with Gasteiger partial charge in [-0.25, -0.2) is 0 Å². The van der Waals surface area contributed by atoms with Crippen molar-refractivity contribution >= 4 is 23.6 Å². The number of likely N-dealkylation sites (tertiary alicyclic amines) is 1. The molecule has 2 N–H and O–H groups in total. The molecule has 5 nitrogen and oxygen atoms in total. The summed E-state index contributed by atoms with van der Waals surface area (Å²) in [6.07, 6.45) is 1.59. The molecule has 0 radical (unpaired) electrons. The van der Waals surface area contributed by atoms with E-state index < -0.39 is 0 Å². The van der Waals surface area contributed by atoms with E-state index in [1.807, 2.05) is 4.90 Å². The van der Waals surface area contributed by atoms with Crippen LogP contribution in [-0.2, 0) is 9.59 Å². The van der Waals surface area contributed by atoms with Gasteiger partial charge in [-0.05, 0) is 12.3 Å². The standard InChI is InChI=1S/C12H19N3O2S/c1-7-2-10(7)15-4-8(3-11(15)16)14-12(17)9-5-18-6-13-9/h7-10,13H,2-6H2,1H3,(H,14,17)/t7-,8-,9+,10+/m1/s1. The second kappa shape index (κ2) is 4.74. The monoisotopic (exact) mass is 269 g/mol. The zero-order valence-electron chi connectivity index (χ0n) is 10.5. The Bertz CT molecular complexity index is 370. The molecular weight excluding hydrogens is 250 g/mol. The first kappa shape index (κ1) is 12.3. The largest absolute Gasteiger partial charge is 0.350 e. The molecule has 2 heterocycles. The fourth-order valence-corrected chi connectivity index (χ4v) is 3.69. The van der Waals surface area contributed by atoms with E-state index >= 15 is 0 Å². The van der Waals surface area contributed by atoms with Gasteiger partial charge in [0.05, 0.1) is 12.1 Å². The van der Waals surface area contributed by atoms with E-state index in [1.54, 1.807) is 11.8 Å². The van der Waals surface area contributed by atoms with Gasteiger partial charge in [0, 0.05) is 30.6 Å². The van der Waals surface area contributed by atoms with Crippen LogP contribution in [0.1, 0.15) is 19.8 Å². The van der Waals surface area contributed by atoms with Crippen LogP contribution in [0.5, 0.6) is 0 Å². The third-order valence-electron chi connectivity index (χ3n) is 4.00. The first-order valence-corrected chi connectivity index (χ1v) is 7.71. The van der Waals surface area contributed by atoms with Crippen LogP contribution in [0.2, 0.25) is 0 Å². The van der Waals surface area contributed by atoms with Gasteiger partial charge >= 0.3 is 0 Å². The molecule has 0 spiro atoms. The lowest BCUT2D eigenvalue weighted by atomic mass is 10.2. The lowest BCUT2D eigenvalue weighted by Crippen LogP contribution is -2.47. The molecular formula is C12H19N3O2S. The molecule has 18 heavy (non-hydrogen) atoms. The molecule has 0 aromatic heterocycles. The molecule has 4 atom stereocenters. The second-order valence-electron chi connectivity index (χ2n) is 5.51. The van der Waals surface area contributed by atoms with E-state index in [-0.39, 0.29) is 23.9 Å². The molecule has 3 aliphatic rings. The van der Waals surface area contributed by atoms with Gasteiger partial charge in [0.15, 0.2) is 0 Å². The number of hydrogen-bond donors (Lipinski definition) is 2. The highest BCUT2D eigenvalue weighted by atomic mass is 32.2. The Kier molecular flexibility index (Phi) is 3.23. The molecule has 2 saturated heterocycles. The lowest BCUT2D eigenvalue weighted by molar-refractivity contribution is -0.128. The van der Waals surface area contributed by atoms with Crippen LogP contribution in [0.4, 0.5) is 0 Å². The van der Waals surface area contributed by atoms with Crippen molar-refractivity contribution in [3.05, 3.63) is 0 Å². The Morgan fingerprint density at radius 3 is 2.94 bits per heavy atom. The summed E-state index contributed by atoms with van der Waals surface area (Å²) in [6.45, 7) is 2.86. The maximum Gasteiger partial charge on any atom is 0.238 e. The van der Waals surface area contributed by atoms with Crippen molar-refractivity contribution < 1.29 is 9.59 Å². The Morgan fingerprint density at radius 2 is 2.33 bits per heavy atom. The minimum Gasteiger partial charge on any atom is -0.350 e. The normalized spacial score (nSPS) is 39.2. The highest BCUT2D eigenvalue weighted by Crippen LogP contribution is 2.37. The van der Waals surface area contributed by atoms with Gasteiger partial charge in [-0.15, -0.1) is 11.8 Å². The van der Waals surface area contributed by atoms with Crippen molar-refractivity contribution in [3.8, 4) is 0 Å². The van der Waals surface area contributed by atoms with Crippen LogP contribution in [0, 0.1) is 5.92 Å². The number of rotatable bonds is 3. The fourth-order valence-electron chi connectivity index (χ4n) is 2.75. The van der Waals surface area contributed by atoms with Crippen LogP contribution in [0.3, 0.4) is 0 Å². The lowest BCUT2D eigenvalue weighted by Gasteiger charge is -2.18. The fraction of sp³-hybridized carbons (Fsp3) is 0.833. The van der Waals surface area contributed by atoms with Crippen molar-refractivity contribution in [2.45, 2.75) is 37.9 Å². The molecule has 0 unspecified atom stereocenters. The number of carbonyl (C=O) groups excluding carboxylic acids is 2. The van der Waals surface area contributed by atoms with Gasteiger partial charge < -0.3 is 10.2 Å². The molecule has 1 saturated carbocycles. The Labute approximate surface area is 111 Å². The van der Waals surface area contributed by atoms with Gasteiger partial charge in [-0.3, -0.25) is 14.9 Å². The van der Waals surface area contributed by atoms with Gasteiger partial charge in [0.1, 0.15) is 0 Å². The molecule has 0 aromatic carbocycles. The van der Waals surface area contributed by atoms with E-state index in [9.17, 15) is 9.59 Å². The first-order valence-electron chi connectivity index (χ1n) is 6.56. The molecule has 6 heteroatoms. The smallest absolute Gasteiger partial charge is 0.238 e. The molecule has 2 amide bonds. The third-order valence-corrected chi connectivity index (χ3v) is 4.94. The maximum atomic E-state index is 11.9. The van der Waals surface area contributed by atoms with Crippen LogP contribution in [0.15, 0.2) is 0 Å². The summed E-state index contributed by atoms with van der Waals surface area (Å²) in [4.78, 5) is 25.8. The van der Waals surface area contributed by atoms with Gasteiger partial charge in [0.25, 0.3) is 0 Å². The highest BCUT2D eigenvalue weighted by Gasteiger charge is 2.45. The summed E-state index contributed by atoms with van der Waals surface area (Å²) < 4.78 is 0. The van der Waals surface area contributed by atoms with Crippen molar-refractivity contribution in [1.29, 1.82) is 0 Å². The predicted octanol–water partition coefficient (Wildman–Crippen LogP) is -0.226. The van der Waals surface area contributed by atoms with Crippen LogP contribution in [0.25, 0.3) is 0 Å². The molecule has 100 valence electrons. The summed E-state index contributed by atoms with van der Waals surface area (Å²) in [5, 5.41) is 6.15. The van der Waals surface area contributed by atoms with Crippen molar-refractivity contribution in [2.24, 2.45) is 5.92 Å². The number of nitrogens with zero attached hydrogens (tertiary/aromatic N) is 1. The molecule has 3 rings (SSSR count). The molecule has 0 aromatic rings. The second-order valence-corrected chi connectivity index (χ2v) is 6.54. The summed E-state index contributed by atoms with van der Waals surface area (Å²) in [7, 11) is 0. The number of nitrogens with one attached hydrogen (secondary N) is 2. The average molecular weight is 269 g/mol. The number of carbonyl (C=O) groups is 2. The molecule has 0 bridgehead atoms. The predicted molar refractivity (Wildman–Crippen MR) is 70.1 cm³/mol. The van der Waals surface area contributed by atoms with Crippen molar-refractivity contribution in [2.75, 3.05) is 18.2 Å². The zero-order chi connectivity index (χ0) is 12.7. The Balaban J connectivity index is 1.52. The molecule has 1 aliphatic carbocycles. The summed E-state index contributed by atoms with van der Waals surface area (Å²) in [6, 6.07) is 0.351. The van der Waals surface area contributed by atoms with Crippen molar-refractivity contribution in [1.82, 2.24) is 15.5 Å². The minimum atomic E-state index is -0.0843.